The summed E-state index contributed by atoms with van der Waals surface area (Å²) < 4.78 is 0. The summed E-state index contributed by atoms with van der Waals surface area (Å²) in [6.07, 6.45) is 0.371. The number of amides is 1. The van der Waals surface area contributed by atoms with E-state index in [4.69, 9.17) is 0 Å². The number of benzene rings is 1. The standard InChI is InChI=1S/C15H24N2O2S/c1-13(18)8-10-17(2)12-15(19)16-9-11-20-14-6-4-3-5-7-14/h3-7,13,18H,8-12H2,1-2H3,(H,16,19). The lowest BCUT2D eigenvalue weighted by Gasteiger charge is -2.16. The van der Waals surface area contributed by atoms with Crippen molar-refractivity contribution in [3.05, 3.63) is 30.3 Å². The van der Waals surface area contributed by atoms with E-state index in [9.17, 15) is 9.90 Å². The van der Waals surface area contributed by atoms with Crippen LogP contribution in [0.4, 0.5) is 0 Å². The molecule has 1 aromatic rings. The molecule has 1 unspecified atom stereocenters. The molecule has 5 heteroatoms. The summed E-state index contributed by atoms with van der Waals surface area (Å²) in [5.74, 6) is 0.902. The Bertz CT molecular complexity index is 385. The summed E-state index contributed by atoms with van der Waals surface area (Å²) in [7, 11) is 1.89. The molecule has 0 radical (unpaired) electrons. The third-order valence-corrected chi connectivity index (χ3v) is 3.79. The number of nitrogens with zero attached hydrogens (tertiary/aromatic N) is 1. The van der Waals surface area contributed by atoms with Crippen LogP contribution in [0.5, 0.6) is 0 Å². The van der Waals surface area contributed by atoms with Crippen molar-refractivity contribution in [2.75, 3.05) is 32.4 Å². The summed E-state index contributed by atoms with van der Waals surface area (Å²) in [4.78, 5) is 14.8. The first kappa shape index (κ1) is 17.0. The monoisotopic (exact) mass is 296 g/mol. The number of aliphatic hydroxyl groups excluding tert-OH is 1. The second kappa shape index (κ2) is 9.80. The van der Waals surface area contributed by atoms with Crippen molar-refractivity contribution < 1.29 is 9.90 Å². The molecule has 0 saturated heterocycles. The van der Waals surface area contributed by atoms with E-state index < -0.39 is 0 Å². The zero-order valence-corrected chi connectivity index (χ0v) is 13.0. The van der Waals surface area contributed by atoms with Crippen molar-refractivity contribution in [2.45, 2.75) is 24.3 Å². The molecule has 20 heavy (non-hydrogen) atoms. The minimum absolute atomic E-state index is 0.0340. The van der Waals surface area contributed by atoms with Gasteiger partial charge >= 0.3 is 0 Å². The number of rotatable bonds is 9. The fourth-order valence-corrected chi connectivity index (χ4v) is 2.45. The zero-order valence-electron chi connectivity index (χ0n) is 12.2. The molecule has 0 aliphatic heterocycles. The van der Waals surface area contributed by atoms with Crippen LogP contribution >= 0.6 is 11.8 Å². The van der Waals surface area contributed by atoms with Gasteiger partial charge in [0.05, 0.1) is 12.6 Å². The van der Waals surface area contributed by atoms with Crippen LogP contribution in [-0.2, 0) is 4.79 Å². The number of carbonyl (C=O) groups is 1. The molecule has 0 aromatic heterocycles. The highest BCUT2D eigenvalue weighted by Crippen LogP contribution is 2.15. The Balaban J connectivity index is 2.08. The van der Waals surface area contributed by atoms with Crippen LogP contribution < -0.4 is 5.32 Å². The van der Waals surface area contributed by atoms with Crippen molar-refractivity contribution in [3.63, 3.8) is 0 Å². The Labute approximate surface area is 125 Å². The largest absolute Gasteiger partial charge is 0.393 e. The predicted molar refractivity (Wildman–Crippen MR) is 84.0 cm³/mol. The molecule has 0 spiro atoms. The number of likely N-dealkylation sites (N-methyl/N-ethyl adjacent to an activating group) is 1. The molecule has 0 saturated carbocycles. The quantitative estimate of drug-likeness (QED) is 0.537. The average molecular weight is 296 g/mol. The van der Waals surface area contributed by atoms with Crippen LogP contribution in [0.1, 0.15) is 13.3 Å². The molecule has 1 amide bonds. The van der Waals surface area contributed by atoms with Gasteiger partial charge in [-0.05, 0) is 32.5 Å². The fraction of sp³-hybridized carbons (Fsp3) is 0.533. The van der Waals surface area contributed by atoms with Gasteiger partial charge in [-0.25, -0.2) is 0 Å². The molecule has 1 rings (SSSR count). The van der Waals surface area contributed by atoms with E-state index in [0.717, 1.165) is 12.3 Å². The zero-order chi connectivity index (χ0) is 14.8. The second-order valence-electron chi connectivity index (χ2n) is 4.89. The molecular weight excluding hydrogens is 272 g/mol. The average Bonchev–Trinajstić information content (AvgIpc) is 2.42. The maximum atomic E-state index is 11.7. The van der Waals surface area contributed by atoms with Crippen molar-refractivity contribution in [3.8, 4) is 0 Å². The highest BCUT2D eigenvalue weighted by Gasteiger charge is 2.06. The highest BCUT2D eigenvalue weighted by atomic mass is 32.2. The smallest absolute Gasteiger partial charge is 0.234 e. The fourth-order valence-electron chi connectivity index (χ4n) is 1.66. The molecule has 0 heterocycles. The van der Waals surface area contributed by atoms with Crippen LogP contribution in [0.15, 0.2) is 35.2 Å². The first-order chi connectivity index (χ1) is 9.58. The van der Waals surface area contributed by atoms with Gasteiger partial charge in [0.1, 0.15) is 0 Å². The van der Waals surface area contributed by atoms with Crippen LogP contribution in [0.3, 0.4) is 0 Å². The number of hydrogen-bond donors (Lipinski definition) is 2. The SMILES string of the molecule is CC(O)CCN(C)CC(=O)NCCSc1ccccc1. The molecule has 4 nitrogen and oxygen atoms in total. The summed E-state index contributed by atoms with van der Waals surface area (Å²) in [6.45, 7) is 3.53. The molecule has 1 aromatic carbocycles. The molecule has 112 valence electrons. The van der Waals surface area contributed by atoms with Crippen LogP contribution in [0.2, 0.25) is 0 Å². The number of nitrogens with one attached hydrogen (secondary N) is 1. The number of thioether (sulfide) groups is 1. The minimum Gasteiger partial charge on any atom is -0.393 e. The van der Waals surface area contributed by atoms with Crippen LogP contribution in [0, 0.1) is 0 Å². The van der Waals surface area contributed by atoms with Crippen molar-refractivity contribution in [2.24, 2.45) is 0 Å². The number of aliphatic hydroxyl groups is 1. The topological polar surface area (TPSA) is 52.6 Å². The van der Waals surface area contributed by atoms with E-state index in [-0.39, 0.29) is 12.0 Å². The lowest BCUT2D eigenvalue weighted by molar-refractivity contribution is -0.121. The van der Waals surface area contributed by atoms with Gasteiger partial charge in [-0.3, -0.25) is 9.69 Å². The predicted octanol–water partition coefficient (Wildman–Crippen LogP) is 1.60. The van der Waals surface area contributed by atoms with Gasteiger partial charge in [0.2, 0.25) is 5.91 Å². The molecular formula is C15H24N2O2S. The van der Waals surface area contributed by atoms with E-state index in [1.54, 1.807) is 18.7 Å². The lowest BCUT2D eigenvalue weighted by Crippen LogP contribution is -2.37. The minimum atomic E-state index is -0.317. The van der Waals surface area contributed by atoms with E-state index in [1.165, 1.54) is 4.90 Å². The number of hydrogen-bond acceptors (Lipinski definition) is 4. The Hall–Kier alpha value is -1.04. The third-order valence-electron chi connectivity index (χ3n) is 2.78. The van der Waals surface area contributed by atoms with Gasteiger partial charge in [0, 0.05) is 23.7 Å². The first-order valence-electron chi connectivity index (χ1n) is 6.89. The van der Waals surface area contributed by atoms with Gasteiger partial charge < -0.3 is 10.4 Å². The summed E-state index contributed by atoms with van der Waals surface area (Å²) in [5, 5.41) is 12.1. The van der Waals surface area contributed by atoms with Gasteiger partial charge in [-0.15, -0.1) is 11.8 Å². The molecule has 0 aliphatic rings. The molecule has 0 aliphatic carbocycles. The van der Waals surface area contributed by atoms with Crippen molar-refractivity contribution in [1.29, 1.82) is 0 Å². The van der Waals surface area contributed by atoms with E-state index in [1.807, 2.05) is 30.1 Å². The Morgan fingerprint density at radius 1 is 1.40 bits per heavy atom. The Kier molecular flexibility index (Phi) is 8.34. The van der Waals surface area contributed by atoms with E-state index in [0.29, 0.717) is 19.5 Å². The lowest BCUT2D eigenvalue weighted by atomic mass is 10.3. The first-order valence-corrected chi connectivity index (χ1v) is 7.87. The van der Waals surface area contributed by atoms with E-state index in [2.05, 4.69) is 17.4 Å². The van der Waals surface area contributed by atoms with Gasteiger partial charge in [0.15, 0.2) is 0 Å². The molecule has 2 N–H and O–H groups in total. The van der Waals surface area contributed by atoms with Crippen LogP contribution in [-0.4, -0.2) is 54.5 Å². The van der Waals surface area contributed by atoms with Gasteiger partial charge in [-0.1, -0.05) is 18.2 Å². The number of carbonyl (C=O) groups excluding carboxylic acids is 1. The summed E-state index contributed by atoms with van der Waals surface area (Å²) in [5.41, 5.74) is 0. The van der Waals surface area contributed by atoms with Crippen LogP contribution in [0.25, 0.3) is 0 Å². The van der Waals surface area contributed by atoms with Crippen molar-refractivity contribution in [1.82, 2.24) is 10.2 Å². The molecule has 1 atom stereocenters. The second-order valence-corrected chi connectivity index (χ2v) is 6.06. The van der Waals surface area contributed by atoms with Gasteiger partial charge in [0.25, 0.3) is 0 Å². The summed E-state index contributed by atoms with van der Waals surface area (Å²) >= 11 is 1.73. The highest BCUT2D eigenvalue weighted by molar-refractivity contribution is 7.99. The van der Waals surface area contributed by atoms with Crippen molar-refractivity contribution >= 4 is 17.7 Å². The normalized spacial score (nSPS) is 12.4. The summed E-state index contributed by atoms with van der Waals surface area (Å²) in [6, 6.07) is 10.2. The molecule has 0 bridgehead atoms. The maximum Gasteiger partial charge on any atom is 0.234 e. The Morgan fingerprint density at radius 2 is 2.10 bits per heavy atom. The van der Waals surface area contributed by atoms with E-state index >= 15 is 0 Å². The van der Waals surface area contributed by atoms with Gasteiger partial charge in [-0.2, -0.15) is 0 Å². The maximum absolute atomic E-state index is 11.7. The third kappa shape index (κ3) is 8.19. The molecule has 0 fully saturated rings. The Morgan fingerprint density at radius 3 is 2.75 bits per heavy atom.